The van der Waals surface area contributed by atoms with Crippen LogP contribution in [-0.2, 0) is 37.8 Å². The number of anilines is 4. The Morgan fingerprint density at radius 3 is 1.35 bits per heavy atom. The number of amides is 7. The van der Waals surface area contributed by atoms with Crippen LogP contribution < -0.4 is 43.0 Å². The topological polar surface area (TPSA) is 249 Å². The van der Waals surface area contributed by atoms with Crippen molar-refractivity contribution in [1.82, 2.24) is 34.2 Å². The van der Waals surface area contributed by atoms with E-state index in [1.165, 1.54) is 38.7 Å². The minimum atomic E-state index is -0.482. The molecule has 5 heterocycles. The molecule has 5 aromatic rings. The molecule has 9 N–H and O–H groups in total. The molecule has 22 heteroatoms. The van der Waals surface area contributed by atoms with Gasteiger partial charge in [-0.2, -0.15) is 0 Å². The molecule has 7 amide bonds. The normalized spacial score (nSPS) is 10.8. The fourth-order valence-corrected chi connectivity index (χ4v) is 7.81. The first-order valence-corrected chi connectivity index (χ1v) is 20.8. The zero-order valence-electron chi connectivity index (χ0n) is 33.0. The minimum absolute atomic E-state index is 0.000841. The first-order chi connectivity index (χ1) is 28.5. The molecule has 0 aromatic carbocycles. The second kappa shape index (κ2) is 20.3. The maximum Gasteiger partial charge on any atom is 0.272 e. The molecule has 0 fully saturated rings. The van der Waals surface area contributed by atoms with Crippen LogP contribution in [0.2, 0.25) is 0 Å². The van der Waals surface area contributed by atoms with Gasteiger partial charge in [-0.25, -0.2) is 0 Å². The van der Waals surface area contributed by atoms with E-state index in [4.69, 9.17) is 5.73 Å². The largest absolute Gasteiger partial charge is 0.356 e. The van der Waals surface area contributed by atoms with Gasteiger partial charge in [0.15, 0.2) is 0 Å². The number of nitrogens with two attached hydrogens (primary N) is 1. The molecule has 318 valence electrons. The van der Waals surface area contributed by atoms with Crippen LogP contribution in [0.1, 0.15) is 70.9 Å². The summed E-state index contributed by atoms with van der Waals surface area (Å²) in [6.45, 7) is 1.08. The van der Waals surface area contributed by atoms with E-state index in [0.717, 1.165) is 8.26 Å². The van der Waals surface area contributed by atoms with Gasteiger partial charge in [-0.05, 0) is 75.2 Å². The minimum Gasteiger partial charge on any atom is -0.356 e. The van der Waals surface area contributed by atoms with E-state index in [1.807, 2.05) is 0 Å². The number of thiophene rings is 1. The van der Waals surface area contributed by atoms with Crippen molar-refractivity contribution in [3.8, 4) is 0 Å². The van der Waals surface area contributed by atoms with Crippen molar-refractivity contribution in [3.63, 3.8) is 0 Å². The van der Waals surface area contributed by atoms with Crippen LogP contribution in [-0.4, -0.2) is 85.8 Å². The number of aryl methyl sites for hydroxylation is 4. The Labute approximate surface area is 365 Å². The summed E-state index contributed by atoms with van der Waals surface area (Å²) in [7, 11) is 6.60. The highest BCUT2D eigenvalue weighted by Gasteiger charge is 2.20. The number of hydrogen-bond donors (Lipinski definition) is 8. The van der Waals surface area contributed by atoms with Crippen LogP contribution in [0.25, 0.3) is 0 Å². The molecule has 0 unspecified atom stereocenters. The summed E-state index contributed by atoms with van der Waals surface area (Å²) in [5, 5.41) is 19.1. The highest BCUT2D eigenvalue weighted by atomic mass is 79.9. The Balaban J connectivity index is 1.06. The van der Waals surface area contributed by atoms with Gasteiger partial charge in [0.1, 0.15) is 22.8 Å². The van der Waals surface area contributed by atoms with Crippen molar-refractivity contribution in [3.05, 3.63) is 91.0 Å². The molecule has 0 bridgehead atoms. The third-order valence-electron chi connectivity index (χ3n) is 8.85. The number of hydrogen-bond acceptors (Lipinski definition) is 9. The number of rotatable bonds is 18. The average molecular weight is 973 g/mol. The zero-order chi connectivity index (χ0) is 43.7. The summed E-state index contributed by atoms with van der Waals surface area (Å²) in [6.07, 6.45) is 7.04. The molecule has 0 radical (unpaired) electrons. The Morgan fingerprint density at radius 1 is 0.533 bits per heavy atom. The predicted octanol–water partition coefficient (Wildman–Crippen LogP) is 3.73. The number of halogens is 2. The van der Waals surface area contributed by atoms with E-state index in [-0.39, 0.29) is 60.5 Å². The maximum absolute atomic E-state index is 13.1. The summed E-state index contributed by atoms with van der Waals surface area (Å²) >= 11 is 8.01. The molecule has 5 aromatic heterocycles. The molecule has 60 heavy (non-hydrogen) atoms. The van der Waals surface area contributed by atoms with Gasteiger partial charge in [-0.1, -0.05) is 0 Å². The number of carbonyl (C=O) groups is 7. The molecule has 0 saturated heterocycles. The van der Waals surface area contributed by atoms with Crippen LogP contribution in [0.4, 0.5) is 22.7 Å². The van der Waals surface area contributed by atoms with Crippen molar-refractivity contribution in [2.45, 2.75) is 19.3 Å². The van der Waals surface area contributed by atoms with Crippen molar-refractivity contribution in [2.24, 2.45) is 33.9 Å². The molecular weight excluding hydrogens is 928 g/mol. The Hall–Kier alpha value is -5.97. The van der Waals surface area contributed by atoms with E-state index in [2.05, 4.69) is 69.1 Å². The third kappa shape index (κ3) is 11.8. The Bertz CT molecular complexity index is 2420. The first-order valence-electron chi connectivity index (χ1n) is 18.4. The molecule has 0 aliphatic rings. The van der Waals surface area contributed by atoms with E-state index in [9.17, 15) is 33.6 Å². The lowest BCUT2D eigenvalue weighted by Gasteiger charge is -2.06. The van der Waals surface area contributed by atoms with Crippen molar-refractivity contribution in [2.75, 3.05) is 47.4 Å². The molecule has 5 rings (SSSR count). The van der Waals surface area contributed by atoms with Gasteiger partial charge >= 0.3 is 0 Å². The van der Waals surface area contributed by atoms with Crippen LogP contribution in [0.5, 0.6) is 0 Å². The van der Waals surface area contributed by atoms with E-state index >= 15 is 0 Å². The molecule has 0 atom stereocenters. The highest BCUT2D eigenvalue weighted by Crippen LogP contribution is 2.33. The Kier molecular flexibility index (Phi) is 15.3. The standard InChI is InChI=1S/C38H44Br2N12O7S/c1-49-18-22(13-26(49)34(55)43-10-6-31(53)42-9-5-8-41)46-36(57)28-12-21(17-51(28)3)45-32(54)7-11-44-35(56)27-14-23(19-50(27)2)47-37(58)29-15-24(20-52(29)4)48-38(59)30-16-25(39)33(40)60-30/h12-20H,5-11,41H2,1-4H3,(H,42,53)(H,43,55)(H,44,56)(H,45,54)(H,46,57)(H,47,58)(H,48,59). The van der Waals surface area contributed by atoms with Gasteiger partial charge in [-0.15, -0.1) is 11.3 Å². The van der Waals surface area contributed by atoms with E-state index < -0.39 is 29.5 Å². The summed E-state index contributed by atoms with van der Waals surface area (Å²) in [6, 6.07) is 7.75. The molecule has 0 spiro atoms. The fourth-order valence-electron chi connectivity index (χ4n) is 5.88. The van der Waals surface area contributed by atoms with Gasteiger partial charge in [-0.3, -0.25) is 33.6 Å². The molecule has 0 saturated carbocycles. The van der Waals surface area contributed by atoms with Crippen molar-refractivity contribution in [1.29, 1.82) is 0 Å². The van der Waals surface area contributed by atoms with Crippen LogP contribution in [0.3, 0.4) is 0 Å². The molecular formula is C38H44Br2N12O7S. The number of aromatic nitrogens is 4. The highest BCUT2D eigenvalue weighted by molar-refractivity contribution is 9.13. The first kappa shape index (κ1) is 45.1. The number of nitrogens with one attached hydrogen (secondary N) is 7. The van der Waals surface area contributed by atoms with Crippen LogP contribution in [0.15, 0.2) is 63.4 Å². The summed E-state index contributed by atoms with van der Waals surface area (Å²) in [5.74, 6) is -2.75. The Morgan fingerprint density at radius 2 is 0.933 bits per heavy atom. The van der Waals surface area contributed by atoms with Crippen LogP contribution in [0, 0.1) is 0 Å². The molecule has 19 nitrogen and oxygen atoms in total. The average Bonchev–Trinajstić information content (AvgIpc) is 4.00. The third-order valence-corrected chi connectivity index (χ3v) is 12.1. The van der Waals surface area contributed by atoms with E-state index in [0.29, 0.717) is 47.1 Å². The number of carbonyl (C=O) groups excluding carboxylic acids is 7. The monoisotopic (exact) mass is 970 g/mol. The van der Waals surface area contributed by atoms with Gasteiger partial charge in [0.05, 0.1) is 31.4 Å². The van der Waals surface area contributed by atoms with Crippen molar-refractivity contribution >= 4 is 107 Å². The maximum atomic E-state index is 13.1. The second-order valence-corrected chi connectivity index (χ2v) is 16.8. The summed E-state index contributed by atoms with van der Waals surface area (Å²) in [4.78, 5) is 89.8. The lowest BCUT2D eigenvalue weighted by atomic mass is 10.3. The summed E-state index contributed by atoms with van der Waals surface area (Å²) in [5.41, 5.74) is 7.96. The molecule has 0 aliphatic carbocycles. The fraction of sp³-hybridized carbons (Fsp3) is 0.289. The lowest BCUT2D eigenvalue weighted by Crippen LogP contribution is -2.32. The SMILES string of the molecule is Cn1cc(NC(=O)c2cc(NC(=O)CCNC(=O)c3cc(NC(=O)c4cc(NC(=O)c5cc(Br)c(Br)s5)cn4C)cn3C)cn2C)cc1C(=O)NCCC(=O)NCCCN. The van der Waals surface area contributed by atoms with Crippen molar-refractivity contribution < 1.29 is 33.6 Å². The second-order valence-electron chi connectivity index (χ2n) is 13.5. The lowest BCUT2D eigenvalue weighted by molar-refractivity contribution is -0.121. The van der Waals surface area contributed by atoms with Gasteiger partial charge in [0.2, 0.25) is 11.8 Å². The van der Waals surface area contributed by atoms with Gasteiger partial charge in [0, 0.05) is 89.9 Å². The van der Waals surface area contributed by atoms with E-state index in [1.54, 1.807) is 74.2 Å². The van der Waals surface area contributed by atoms with Gasteiger partial charge in [0.25, 0.3) is 29.5 Å². The zero-order valence-corrected chi connectivity index (χ0v) is 37.0. The summed E-state index contributed by atoms with van der Waals surface area (Å²) < 4.78 is 7.74. The smallest absolute Gasteiger partial charge is 0.272 e. The molecule has 0 aliphatic heterocycles. The van der Waals surface area contributed by atoms with Gasteiger partial charge < -0.3 is 61.2 Å². The predicted molar refractivity (Wildman–Crippen MR) is 234 cm³/mol. The number of nitrogens with zero attached hydrogens (tertiary/aromatic N) is 4. The quantitative estimate of drug-likeness (QED) is 0.0600. The van der Waals surface area contributed by atoms with Crippen LogP contribution >= 0.6 is 43.2 Å².